The highest BCUT2D eigenvalue weighted by atomic mass is 35.5. The maximum Gasteiger partial charge on any atom is 0.173 e. The number of aliphatic imine (C=N–C) groups is 2. The number of thioether (sulfide) groups is 2. The Morgan fingerprint density at radius 2 is 1.86 bits per heavy atom. The number of halogens is 2. The van der Waals surface area contributed by atoms with Crippen LogP contribution in [-0.2, 0) is 13.0 Å². The van der Waals surface area contributed by atoms with Gasteiger partial charge in [-0.2, -0.15) is 0 Å². The maximum absolute atomic E-state index is 4.79. The first-order valence-electron chi connectivity index (χ1n) is 9.13. The zero-order valence-corrected chi connectivity index (χ0v) is 18.9. The van der Waals surface area contributed by atoms with Gasteiger partial charge in [-0.15, -0.1) is 24.8 Å². The molecule has 3 heterocycles. The minimum absolute atomic E-state index is 0. The van der Waals surface area contributed by atoms with E-state index in [1.807, 2.05) is 0 Å². The van der Waals surface area contributed by atoms with Gasteiger partial charge in [-0.1, -0.05) is 72.1 Å². The average molecular weight is 465 g/mol. The molecule has 0 fully saturated rings. The molecule has 3 aliphatic rings. The van der Waals surface area contributed by atoms with E-state index in [9.17, 15) is 0 Å². The first-order chi connectivity index (χ1) is 13.3. The van der Waals surface area contributed by atoms with Gasteiger partial charge in [-0.25, -0.2) is 4.99 Å². The van der Waals surface area contributed by atoms with Crippen LogP contribution in [0.1, 0.15) is 11.1 Å². The first kappa shape index (κ1) is 22.1. The molecule has 0 saturated heterocycles. The topological polar surface area (TPSA) is 40.0 Å². The molecule has 8 heteroatoms. The van der Waals surface area contributed by atoms with E-state index >= 15 is 0 Å². The molecule has 5 rings (SSSR count). The Balaban J connectivity index is 0.00000120. The van der Waals surface area contributed by atoms with Gasteiger partial charge in [-0.05, 0) is 29.0 Å². The van der Waals surface area contributed by atoms with E-state index in [4.69, 9.17) is 9.98 Å². The third-order valence-corrected chi connectivity index (χ3v) is 6.75. The summed E-state index contributed by atoms with van der Waals surface area (Å²) in [6, 6.07) is 19.4. The van der Waals surface area contributed by atoms with Gasteiger partial charge in [0.2, 0.25) is 0 Å². The molecule has 2 aromatic rings. The van der Waals surface area contributed by atoms with Crippen LogP contribution < -0.4 is 5.32 Å². The minimum atomic E-state index is 0. The number of hydrogen-bond donors (Lipinski definition) is 1. The smallest absolute Gasteiger partial charge is 0.173 e. The number of nitrogens with one attached hydrogen (secondary N) is 1. The highest BCUT2D eigenvalue weighted by molar-refractivity contribution is 8.17. The van der Waals surface area contributed by atoms with Crippen LogP contribution in [0.15, 0.2) is 75.7 Å². The van der Waals surface area contributed by atoms with E-state index in [0.29, 0.717) is 6.04 Å². The molecule has 0 spiro atoms. The van der Waals surface area contributed by atoms with Crippen LogP contribution in [0.5, 0.6) is 0 Å². The van der Waals surface area contributed by atoms with Crippen molar-refractivity contribution in [2.45, 2.75) is 19.0 Å². The lowest BCUT2D eigenvalue weighted by atomic mass is 10.1. The molecule has 29 heavy (non-hydrogen) atoms. The number of hydrogen-bond acceptors (Lipinski definition) is 6. The van der Waals surface area contributed by atoms with Gasteiger partial charge in [0.15, 0.2) is 10.3 Å². The monoisotopic (exact) mass is 464 g/mol. The van der Waals surface area contributed by atoms with E-state index in [0.717, 1.165) is 41.3 Å². The molecule has 4 nitrogen and oxygen atoms in total. The lowest BCUT2D eigenvalue weighted by molar-refractivity contribution is 0.519. The van der Waals surface area contributed by atoms with Crippen LogP contribution in [0.3, 0.4) is 0 Å². The summed E-state index contributed by atoms with van der Waals surface area (Å²) in [7, 11) is 0. The van der Waals surface area contributed by atoms with E-state index < -0.39 is 0 Å². The van der Waals surface area contributed by atoms with E-state index in [1.165, 1.54) is 16.8 Å². The predicted octanol–water partition coefficient (Wildman–Crippen LogP) is 5.23. The number of amidine groups is 2. The van der Waals surface area contributed by atoms with Crippen LogP contribution in [0.2, 0.25) is 0 Å². The Kier molecular flexibility index (Phi) is 7.57. The Hall–Kier alpha value is -1.60. The minimum Gasteiger partial charge on any atom is -0.360 e. The third-order valence-electron chi connectivity index (χ3n) is 4.88. The highest BCUT2D eigenvalue weighted by Gasteiger charge is 2.28. The van der Waals surface area contributed by atoms with E-state index in [1.54, 1.807) is 23.5 Å². The molecule has 152 valence electrons. The SMILES string of the molecule is C1=C(CSC2=NCC(Cc3ccccc3)N2)N2Cc3ccccc3N=C2S1.Cl.Cl. The normalized spacial score (nSPS) is 19.0. The van der Waals surface area contributed by atoms with Crippen LogP contribution in [0.25, 0.3) is 0 Å². The van der Waals surface area contributed by atoms with Crippen molar-refractivity contribution in [3.05, 3.63) is 76.8 Å². The molecule has 0 bridgehead atoms. The summed E-state index contributed by atoms with van der Waals surface area (Å²) in [6.07, 6.45) is 1.02. The van der Waals surface area contributed by atoms with Crippen LogP contribution in [0.4, 0.5) is 5.69 Å². The van der Waals surface area contributed by atoms with Crippen molar-refractivity contribution >= 4 is 64.4 Å². The largest absolute Gasteiger partial charge is 0.360 e. The Morgan fingerprint density at radius 1 is 1.07 bits per heavy atom. The molecule has 0 aromatic heterocycles. The summed E-state index contributed by atoms with van der Waals surface area (Å²) in [6.45, 7) is 1.76. The molecule has 1 unspecified atom stereocenters. The summed E-state index contributed by atoms with van der Waals surface area (Å²) in [5, 5.41) is 7.96. The zero-order valence-electron chi connectivity index (χ0n) is 15.7. The number of para-hydroxylation sites is 1. The van der Waals surface area contributed by atoms with Crippen LogP contribution in [-0.4, -0.2) is 33.6 Å². The van der Waals surface area contributed by atoms with Gasteiger partial charge in [0.05, 0.1) is 24.8 Å². The van der Waals surface area contributed by atoms with Gasteiger partial charge < -0.3 is 10.2 Å². The molecular formula is C21H22Cl2N4S2. The zero-order chi connectivity index (χ0) is 18.1. The van der Waals surface area contributed by atoms with Crippen molar-refractivity contribution in [3.63, 3.8) is 0 Å². The van der Waals surface area contributed by atoms with Crippen molar-refractivity contribution in [2.24, 2.45) is 9.98 Å². The quantitative estimate of drug-likeness (QED) is 0.672. The molecule has 0 aliphatic carbocycles. The van der Waals surface area contributed by atoms with Crippen LogP contribution >= 0.6 is 48.3 Å². The molecule has 0 radical (unpaired) electrons. The second-order valence-electron chi connectivity index (χ2n) is 6.80. The Labute approximate surface area is 192 Å². The summed E-state index contributed by atoms with van der Waals surface area (Å²) in [4.78, 5) is 11.8. The van der Waals surface area contributed by atoms with Crippen molar-refractivity contribution in [1.29, 1.82) is 0 Å². The summed E-state index contributed by atoms with van der Waals surface area (Å²) in [5.41, 5.74) is 5.07. The summed E-state index contributed by atoms with van der Waals surface area (Å²) in [5.74, 6) is 0.915. The number of nitrogens with zero attached hydrogens (tertiary/aromatic N) is 3. The van der Waals surface area contributed by atoms with Crippen LogP contribution in [0, 0.1) is 0 Å². The second-order valence-corrected chi connectivity index (χ2v) is 8.60. The molecule has 1 N–H and O–H groups in total. The Bertz CT molecular complexity index is 947. The third kappa shape index (κ3) is 4.94. The Morgan fingerprint density at radius 3 is 2.72 bits per heavy atom. The van der Waals surface area contributed by atoms with Crippen molar-refractivity contribution < 1.29 is 0 Å². The van der Waals surface area contributed by atoms with E-state index in [2.05, 4.69) is 70.2 Å². The second kappa shape index (κ2) is 9.94. The standard InChI is InChI=1S/C21H20N4S2.2ClH/c1-2-6-15(7-3-1)10-17-11-22-20(23-17)26-13-18-14-27-21-24-19-9-5-4-8-16(19)12-25(18)21;;/h1-9,14,17H,10-13H2,(H,22,23);2*1H. The lowest BCUT2D eigenvalue weighted by Crippen LogP contribution is -2.31. The summed E-state index contributed by atoms with van der Waals surface area (Å²) >= 11 is 3.52. The summed E-state index contributed by atoms with van der Waals surface area (Å²) < 4.78 is 0. The maximum atomic E-state index is 4.79. The lowest BCUT2D eigenvalue weighted by Gasteiger charge is -2.26. The average Bonchev–Trinajstić information content (AvgIpc) is 3.32. The van der Waals surface area contributed by atoms with Crippen molar-refractivity contribution in [3.8, 4) is 0 Å². The van der Waals surface area contributed by atoms with Crippen molar-refractivity contribution in [2.75, 3.05) is 12.3 Å². The van der Waals surface area contributed by atoms with Gasteiger partial charge >= 0.3 is 0 Å². The fourth-order valence-electron chi connectivity index (χ4n) is 3.47. The van der Waals surface area contributed by atoms with Gasteiger partial charge in [0, 0.05) is 11.4 Å². The van der Waals surface area contributed by atoms with Gasteiger partial charge in [0.1, 0.15) is 0 Å². The first-order valence-corrected chi connectivity index (χ1v) is 11.0. The molecule has 0 amide bonds. The molecular weight excluding hydrogens is 443 g/mol. The number of fused-ring (bicyclic) bond motifs is 2. The fraction of sp³-hybridized carbons (Fsp3) is 0.238. The van der Waals surface area contributed by atoms with Crippen molar-refractivity contribution in [1.82, 2.24) is 10.2 Å². The highest BCUT2D eigenvalue weighted by Crippen LogP contribution is 2.37. The molecule has 1 atom stereocenters. The predicted molar refractivity (Wildman–Crippen MR) is 131 cm³/mol. The van der Waals surface area contributed by atoms with E-state index in [-0.39, 0.29) is 24.8 Å². The molecule has 3 aliphatic heterocycles. The van der Waals surface area contributed by atoms with Gasteiger partial charge in [-0.3, -0.25) is 4.99 Å². The van der Waals surface area contributed by atoms with Gasteiger partial charge in [0.25, 0.3) is 0 Å². The molecule has 0 saturated carbocycles. The molecule has 2 aromatic carbocycles. The number of benzene rings is 2. The fourth-order valence-corrected chi connectivity index (χ4v) is 5.43. The number of rotatable bonds is 4.